The minimum Gasteiger partial charge on any atom is -0.370 e. The highest BCUT2D eigenvalue weighted by atomic mass is 16.2. The Balaban J connectivity index is 1.42. The molecule has 0 unspecified atom stereocenters. The largest absolute Gasteiger partial charge is 0.370 e. The van der Waals surface area contributed by atoms with Crippen molar-refractivity contribution >= 4 is 80.7 Å². The second-order valence-electron chi connectivity index (χ2n) is 20.2. The Morgan fingerprint density at radius 1 is 0.700 bits per heavy atom. The summed E-state index contributed by atoms with van der Waals surface area (Å²) in [6.07, 6.45) is 4.28. The number of nitrogens with zero attached hydrogens (tertiary/aromatic N) is 3. The summed E-state index contributed by atoms with van der Waals surface area (Å²) >= 11 is 0. The van der Waals surface area contributed by atoms with Gasteiger partial charge in [-0.1, -0.05) is 105 Å². The SMILES string of the molecule is CCCC[C@H](NC(C)=O)C(=O)N[C@H]1CC(=O)NCCCC[C@@H](C(N)=O)NC(=O)[C@@H](Cc2ccc3ccccc3c2)NC(=O)[C@H](CCCN=C(N)N)NC(=O)[C@@H](Cc2ccc3ccccc3c2)NC(=O)[C@H](Cc2cn(C)cn2)NC1=O. The number of hydrogen-bond acceptors (Lipinski definition) is 11. The molecule has 1 aliphatic heterocycles. The van der Waals surface area contributed by atoms with E-state index in [1.165, 1.54) is 13.3 Å². The number of aromatic nitrogens is 2. The number of carbonyl (C=O) groups excluding carboxylic acids is 9. The van der Waals surface area contributed by atoms with Crippen LogP contribution in [0.5, 0.6) is 0 Å². The van der Waals surface area contributed by atoms with E-state index in [2.05, 4.69) is 52.5 Å². The molecule has 1 aromatic heterocycles. The third kappa shape index (κ3) is 18.7. The predicted octanol–water partition coefficient (Wildman–Crippen LogP) is 0.587. The van der Waals surface area contributed by atoms with Gasteiger partial charge < -0.3 is 64.3 Å². The van der Waals surface area contributed by atoms with Crippen LogP contribution in [0.2, 0.25) is 0 Å². The third-order valence-corrected chi connectivity index (χ3v) is 13.6. The molecule has 9 amide bonds. The van der Waals surface area contributed by atoms with Crippen LogP contribution in [0.1, 0.15) is 88.5 Å². The molecule has 23 nitrogen and oxygen atoms in total. The van der Waals surface area contributed by atoms with Crippen LogP contribution in [-0.2, 0) is 69.5 Å². The highest BCUT2D eigenvalue weighted by molar-refractivity contribution is 5.99. The van der Waals surface area contributed by atoms with Crippen molar-refractivity contribution in [3.05, 3.63) is 114 Å². The van der Waals surface area contributed by atoms with Crippen molar-refractivity contribution in [1.82, 2.24) is 52.1 Å². The van der Waals surface area contributed by atoms with Crippen LogP contribution in [0.3, 0.4) is 0 Å². The van der Waals surface area contributed by atoms with Gasteiger partial charge in [0.2, 0.25) is 53.2 Å². The van der Waals surface area contributed by atoms with Crippen molar-refractivity contribution < 1.29 is 43.2 Å². The number of fused-ring (bicyclic) bond motifs is 2. The van der Waals surface area contributed by atoms with Crippen molar-refractivity contribution in [2.24, 2.45) is 29.2 Å². The Hall–Kier alpha value is -8.89. The summed E-state index contributed by atoms with van der Waals surface area (Å²) in [4.78, 5) is 135. The zero-order valence-electron chi connectivity index (χ0n) is 45.4. The molecule has 0 radical (unpaired) electrons. The van der Waals surface area contributed by atoms with E-state index in [9.17, 15) is 38.4 Å². The monoisotopic (exact) mass is 1100 g/mol. The number of unbranched alkanes of at least 4 members (excludes halogenated alkanes) is 1. The molecule has 0 spiro atoms. The molecule has 14 N–H and O–H groups in total. The molecule has 0 bridgehead atoms. The van der Waals surface area contributed by atoms with Crippen LogP contribution < -0.4 is 59.7 Å². The molecular weight excluding hydrogens is 1020 g/mol. The van der Waals surface area contributed by atoms with Crippen LogP contribution in [0.25, 0.3) is 21.5 Å². The van der Waals surface area contributed by atoms with E-state index >= 15 is 4.79 Å². The lowest BCUT2D eigenvalue weighted by molar-refractivity contribution is -0.136. The molecule has 80 heavy (non-hydrogen) atoms. The van der Waals surface area contributed by atoms with E-state index in [1.54, 1.807) is 23.9 Å². The highest BCUT2D eigenvalue weighted by Crippen LogP contribution is 2.20. The van der Waals surface area contributed by atoms with Crippen LogP contribution in [0, 0.1) is 0 Å². The normalized spacial score (nSPS) is 20.6. The summed E-state index contributed by atoms with van der Waals surface area (Å²) in [6.45, 7) is 3.26. The third-order valence-electron chi connectivity index (χ3n) is 13.6. The van der Waals surface area contributed by atoms with Crippen molar-refractivity contribution in [3.8, 4) is 0 Å². The topological polar surface area (TPSA) is 358 Å². The first-order chi connectivity index (χ1) is 38.3. The van der Waals surface area contributed by atoms with E-state index in [1.807, 2.05) is 85.8 Å². The standard InChI is InChI=1S/C57H74N14O9/c1-4-5-17-43(64-34(2)72)51(75)70-48-31-49(73)61-24-11-10-18-42(50(58)74)65-53(77)45(28-35-20-22-37-13-6-8-15-39(37)26-35)67-52(76)44(19-12-25-62-57(59)60)66-54(78)46(29-36-21-23-38-14-7-9-16-40(38)27-36)68-55(79)47(69-56(48)80)30-41-32-71(3)33-63-41/h6-9,13-16,20-23,26-27,32-33,42-48H,4-5,10-12,17-19,24-25,28-31H2,1-3H3,(H2,58,74)(H,61,73)(H,64,72)(H,65,77)(H,66,78)(H,67,76)(H,68,79)(H,69,80)(H,70,75)(H4,59,60,62)/t42-,43-,44-,45+,46+,47-,48-/m0/s1. The van der Waals surface area contributed by atoms with Gasteiger partial charge in [0.05, 0.1) is 18.4 Å². The quantitative estimate of drug-likeness (QED) is 0.0346. The molecule has 5 aromatic rings. The fourth-order valence-electron chi connectivity index (χ4n) is 9.39. The van der Waals surface area contributed by atoms with Gasteiger partial charge in [-0.2, -0.15) is 0 Å². The van der Waals surface area contributed by atoms with Gasteiger partial charge in [0.15, 0.2) is 5.96 Å². The minimum absolute atomic E-state index is 0.0394. The maximum atomic E-state index is 15.0. The number of aliphatic imine (C=N–C) groups is 1. The van der Waals surface area contributed by atoms with Crippen LogP contribution in [0.4, 0.5) is 0 Å². The summed E-state index contributed by atoms with van der Waals surface area (Å²) < 4.78 is 1.64. The zero-order chi connectivity index (χ0) is 57.7. The van der Waals surface area contributed by atoms with Crippen molar-refractivity contribution in [2.75, 3.05) is 13.1 Å². The van der Waals surface area contributed by atoms with Gasteiger partial charge in [-0.05, 0) is 71.2 Å². The first kappa shape index (κ1) is 60.3. The number of guanidine groups is 1. The molecule has 23 heteroatoms. The van der Waals surface area contributed by atoms with E-state index in [4.69, 9.17) is 17.2 Å². The number of imidazole rings is 1. The second kappa shape index (κ2) is 29.7. The van der Waals surface area contributed by atoms with E-state index in [-0.39, 0.29) is 76.8 Å². The van der Waals surface area contributed by atoms with Crippen molar-refractivity contribution in [1.29, 1.82) is 0 Å². The number of nitrogens with one attached hydrogen (secondary N) is 8. The molecule has 0 aliphatic carbocycles. The smallest absolute Gasteiger partial charge is 0.243 e. The Morgan fingerprint density at radius 2 is 1.25 bits per heavy atom. The molecular formula is C57H74N14O9. The van der Waals surface area contributed by atoms with Gasteiger partial charge in [-0.15, -0.1) is 0 Å². The van der Waals surface area contributed by atoms with Gasteiger partial charge in [-0.25, -0.2) is 4.98 Å². The van der Waals surface area contributed by atoms with E-state index in [0.29, 0.717) is 29.7 Å². The van der Waals surface area contributed by atoms with Crippen LogP contribution in [0.15, 0.2) is 102 Å². The summed E-state index contributed by atoms with van der Waals surface area (Å²) in [5.74, 6) is -7.09. The average Bonchev–Trinajstić information content (AvgIpc) is 3.84. The van der Waals surface area contributed by atoms with E-state index < -0.39 is 102 Å². The van der Waals surface area contributed by atoms with Gasteiger partial charge in [0.25, 0.3) is 0 Å². The highest BCUT2D eigenvalue weighted by Gasteiger charge is 2.35. The molecule has 1 fully saturated rings. The molecule has 4 aromatic carbocycles. The first-order valence-corrected chi connectivity index (χ1v) is 27.0. The Labute approximate surface area is 464 Å². The molecule has 426 valence electrons. The molecule has 1 saturated heterocycles. The minimum atomic E-state index is -1.59. The molecule has 1 aliphatic rings. The Bertz CT molecular complexity index is 3050. The second-order valence-corrected chi connectivity index (χ2v) is 20.2. The maximum absolute atomic E-state index is 15.0. The lowest BCUT2D eigenvalue weighted by Gasteiger charge is -2.28. The van der Waals surface area contributed by atoms with Crippen LogP contribution >= 0.6 is 0 Å². The molecule has 2 heterocycles. The fraction of sp³-hybridized carbons (Fsp3) is 0.421. The lowest BCUT2D eigenvalue weighted by atomic mass is 9.99. The fourth-order valence-corrected chi connectivity index (χ4v) is 9.39. The van der Waals surface area contributed by atoms with Crippen molar-refractivity contribution in [3.63, 3.8) is 0 Å². The van der Waals surface area contributed by atoms with Crippen LogP contribution in [-0.4, -0.2) is 124 Å². The number of carbonyl (C=O) groups is 9. The van der Waals surface area contributed by atoms with Gasteiger partial charge in [-0.3, -0.25) is 48.1 Å². The zero-order valence-corrected chi connectivity index (χ0v) is 45.4. The summed E-state index contributed by atoms with van der Waals surface area (Å²) in [6, 6.07) is 16.8. The maximum Gasteiger partial charge on any atom is 0.243 e. The molecule has 6 rings (SSSR count). The number of nitrogens with two attached hydrogens (primary N) is 3. The molecule has 7 atom stereocenters. The number of rotatable bonds is 17. The Morgan fingerprint density at radius 3 is 1.80 bits per heavy atom. The van der Waals surface area contributed by atoms with Crippen molar-refractivity contribution in [2.45, 2.75) is 133 Å². The average molecular weight is 1100 g/mol. The number of aryl methyl sites for hydroxylation is 1. The van der Waals surface area contributed by atoms with Gasteiger partial charge >= 0.3 is 0 Å². The number of benzene rings is 4. The number of hydrogen-bond donors (Lipinski definition) is 11. The summed E-state index contributed by atoms with van der Waals surface area (Å²) in [5.41, 5.74) is 18.7. The summed E-state index contributed by atoms with van der Waals surface area (Å²) in [7, 11) is 1.71. The predicted molar refractivity (Wildman–Crippen MR) is 302 cm³/mol. The first-order valence-electron chi connectivity index (χ1n) is 27.0. The number of primary amides is 1. The summed E-state index contributed by atoms with van der Waals surface area (Å²) in [5, 5.41) is 25.4. The Kier molecular flexibility index (Phi) is 22.4. The van der Waals surface area contributed by atoms with Gasteiger partial charge in [0.1, 0.15) is 42.3 Å². The van der Waals surface area contributed by atoms with Gasteiger partial charge in [0, 0.05) is 52.5 Å². The van der Waals surface area contributed by atoms with E-state index in [0.717, 1.165) is 21.5 Å². The lowest BCUT2D eigenvalue weighted by Crippen LogP contribution is -2.61. The molecule has 0 saturated carbocycles. The number of amides is 9.